The zero-order chi connectivity index (χ0) is 19.6. The predicted molar refractivity (Wildman–Crippen MR) is 116 cm³/mol. The molecule has 0 spiro atoms. The van der Waals surface area contributed by atoms with Crippen molar-refractivity contribution in [2.45, 2.75) is 18.9 Å². The van der Waals surface area contributed by atoms with Crippen molar-refractivity contribution >= 4 is 22.8 Å². The van der Waals surface area contributed by atoms with Gasteiger partial charge in [0.15, 0.2) is 0 Å². The Morgan fingerprint density at radius 2 is 1.72 bits per heavy atom. The Hall–Kier alpha value is -3.60. The predicted octanol–water partition coefficient (Wildman–Crippen LogP) is 5.60. The lowest BCUT2D eigenvalue weighted by Crippen LogP contribution is -2.35. The van der Waals surface area contributed by atoms with E-state index in [2.05, 4.69) is 22.4 Å². The number of imidazole rings is 1. The number of nitrogens with zero attached hydrogens (tertiary/aromatic N) is 2. The van der Waals surface area contributed by atoms with E-state index in [4.69, 9.17) is 4.98 Å². The number of amides is 2. The molecule has 0 unspecified atom stereocenters. The SMILES string of the molecule is O=C(Nc1ccccc1-c1ccccc1)N1CCC[C@@H]1c1nc2ccccc2[nH]1. The molecule has 0 bridgehead atoms. The topological polar surface area (TPSA) is 61.0 Å². The molecule has 1 atom stereocenters. The first kappa shape index (κ1) is 17.5. The lowest BCUT2D eigenvalue weighted by molar-refractivity contribution is 0.205. The average molecular weight is 382 g/mol. The molecule has 3 aromatic carbocycles. The van der Waals surface area contributed by atoms with Crippen LogP contribution in [0.25, 0.3) is 22.2 Å². The van der Waals surface area contributed by atoms with Gasteiger partial charge in [-0.2, -0.15) is 0 Å². The number of aromatic amines is 1. The fourth-order valence-electron chi connectivity index (χ4n) is 4.07. The molecule has 2 heterocycles. The van der Waals surface area contributed by atoms with Crippen LogP contribution in [0, 0.1) is 0 Å². The summed E-state index contributed by atoms with van der Waals surface area (Å²) in [4.78, 5) is 23.2. The molecule has 29 heavy (non-hydrogen) atoms. The van der Waals surface area contributed by atoms with E-state index in [-0.39, 0.29) is 12.1 Å². The quantitative estimate of drug-likeness (QED) is 0.484. The van der Waals surface area contributed by atoms with Crippen molar-refractivity contribution in [1.29, 1.82) is 0 Å². The minimum atomic E-state index is -0.0867. The highest BCUT2D eigenvalue weighted by atomic mass is 16.2. The van der Waals surface area contributed by atoms with Crippen molar-refractivity contribution in [1.82, 2.24) is 14.9 Å². The molecular weight excluding hydrogens is 360 g/mol. The number of nitrogens with one attached hydrogen (secondary N) is 2. The molecule has 4 aromatic rings. The van der Waals surface area contributed by atoms with Gasteiger partial charge >= 0.3 is 6.03 Å². The highest BCUT2D eigenvalue weighted by Gasteiger charge is 2.32. The van der Waals surface area contributed by atoms with Crippen LogP contribution in [0.1, 0.15) is 24.7 Å². The Bertz CT molecular complexity index is 1120. The molecule has 1 aliphatic rings. The molecule has 2 N–H and O–H groups in total. The number of fused-ring (bicyclic) bond motifs is 1. The smallest absolute Gasteiger partial charge is 0.322 e. The molecule has 5 nitrogen and oxygen atoms in total. The van der Waals surface area contributed by atoms with Crippen molar-refractivity contribution in [3.63, 3.8) is 0 Å². The maximum Gasteiger partial charge on any atom is 0.322 e. The first-order valence-corrected chi connectivity index (χ1v) is 9.96. The number of rotatable bonds is 3. The third-order valence-corrected chi connectivity index (χ3v) is 5.49. The second-order valence-corrected chi connectivity index (χ2v) is 7.33. The number of carbonyl (C=O) groups is 1. The number of hydrogen-bond donors (Lipinski definition) is 2. The van der Waals surface area contributed by atoms with Gasteiger partial charge in [0, 0.05) is 12.1 Å². The van der Waals surface area contributed by atoms with Gasteiger partial charge in [0.05, 0.1) is 22.8 Å². The fourth-order valence-corrected chi connectivity index (χ4v) is 4.07. The molecule has 5 heteroatoms. The van der Waals surface area contributed by atoms with Crippen LogP contribution in [-0.2, 0) is 0 Å². The van der Waals surface area contributed by atoms with Crippen molar-refractivity contribution < 1.29 is 4.79 Å². The van der Waals surface area contributed by atoms with Crippen LogP contribution in [0.15, 0.2) is 78.9 Å². The average Bonchev–Trinajstić information content (AvgIpc) is 3.41. The number of hydrogen-bond acceptors (Lipinski definition) is 2. The number of benzene rings is 3. The van der Waals surface area contributed by atoms with Gasteiger partial charge < -0.3 is 15.2 Å². The van der Waals surface area contributed by atoms with Crippen molar-refractivity contribution in [3.05, 3.63) is 84.7 Å². The molecule has 1 saturated heterocycles. The van der Waals surface area contributed by atoms with E-state index in [0.29, 0.717) is 0 Å². The molecule has 1 aromatic heterocycles. The number of aromatic nitrogens is 2. The standard InChI is InChI=1S/C24H22N4O/c29-24(27-19-12-5-4-11-18(19)17-9-2-1-3-10-17)28-16-8-15-22(28)23-25-20-13-6-7-14-21(20)26-23/h1-7,9-14,22H,8,15-16H2,(H,25,26)(H,27,29)/t22-/m1/s1. The van der Waals surface area contributed by atoms with Gasteiger partial charge in [-0.15, -0.1) is 0 Å². The largest absolute Gasteiger partial charge is 0.340 e. The number of likely N-dealkylation sites (tertiary alicyclic amines) is 1. The Kier molecular flexibility index (Phi) is 4.48. The number of urea groups is 1. The van der Waals surface area contributed by atoms with E-state index in [1.807, 2.05) is 71.6 Å². The van der Waals surface area contributed by atoms with Gasteiger partial charge in [-0.25, -0.2) is 9.78 Å². The van der Waals surface area contributed by atoms with E-state index in [0.717, 1.165) is 53.1 Å². The summed E-state index contributed by atoms with van der Waals surface area (Å²) in [6.45, 7) is 0.723. The van der Waals surface area contributed by atoms with Crippen LogP contribution in [0.3, 0.4) is 0 Å². The minimum absolute atomic E-state index is 0.0358. The summed E-state index contributed by atoms with van der Waals surface area (Å²) >= 11 is 0. The first-order valence-electron chi connectivity index (χ1n) is 9.96. The third kappa shape index (κ3) is 3.36. The second kappa shape index (κ2) is 7.43. The van der Waals surface area contributed by atoms with Gasteiger partial charge in [0.2, 0.25) is 0 Å². The number of carbonyl (C=O) groups excluding carboxylic acids is 1. The highest BCUT2D eigenvalue weighted by molar-refractivity contribution is 5.94. The summed E-state index contributed by atoms with van der Waals surface area (Å²) in [5.74, 6) is 0.857. The van der Waals surface area contributed by atoms with Crippen LogP contribution in [-0.4, -0.2) is 27.4 Å². The van der Waals surface area contributed by atoms with Gasteiger partial charge in [-0.1, -0.05) is 60.7 Å². The van der Waals surface area contributed by atoms with E-state index < -0.39 is 0 Å². The van der Waals surface area contributed by atoms with Crippen molar-refractivity contribution in [3.8, 4) is 11.1 Å². The molecule has 0 aliphatic carbocycles. The maximum atomic E-state index is 13.2. The van der Waals surface area contributed by atoms with Gasteiger partial charge in [0.1, 0.15) is 5.82 Å². The second-order valence-electron chi connectivity index (χ2n) is 7.33. The van der Waals surface area contributed by atoms with Gasteiger partial charge in [-0.05, 0) is 36.6 Å². The number of anilines is 1. The zero-order valence-electron chi connectivity index (χ0n) is 16.0. The molecular formula is C24H22N4O. The fraction of sp³-hybridized carbons (Fsp3) is 0.167. The summed E-state index contributed by atoms with van der Waals surface area (Å²) in [7, 11) is 0. The Morgan fingerprint density at radius 1 is 0.966 bits per heavy atom. The lowest BCUT2D eigenvalue weighted by atomic mass is 10.0. The van der Waals surface area contributed by atoms with Crippen LogP contribution >= 0.6 is 0 Å². The number of H-pyrrole nitrogens is 1. The maximum absolute atomic E-state index is 13.2. The lowest BCUT2D eigenvalue weighted by Gasteiger charge is -2.24. The summed E-state index contributed by atoms with van der Waals surface area (Å²) in [5.41, 5.74) is 4.85. The first-order chi connectivity index (χ1) is 14.3. The summed E-state index contributed by atoms with van der Waals surface area (Å²) in [6, 6.07) is 25.9. The van der Waals surface area contributed by atoms with Gasteiger partial charge in [0.25, 0.3) is 0 Å². The van der Waals surface area contributed by atoms with E-state index in [9.17, 15) is 4.79 Å². The third-order valence-electron chi connectivity index (χ3n) is 5.49. The molecule has 2 amide bonds. The molecule has 0 radical (unpaired) electrons. The van der Waals surface area contributed by atoms with E-state index in [1.54, 1.807) is 0 Å². The molecule has 1 aliphatic heterocycles. The molecule has 1 fully saturated rings. The van der Waals surface area contributed by atoms with E-state index >= 15 is 0 Å². The van der Waals surface area contributed by atoms with Crippen LogP contribution in [0.4, 0.5) is 10.5 Å². The van der Waals surface area contributed by atoms with Crippen LogP contribution in [0.5, 0.6) is 0 Å². The summed E-state index contributed by atoms with van der Waals surface area (Å²) in [6.07, 6.45) is 1.88. The highest BCUT2D eigenvalue weighted by Crippen LogP contribution is 2.33. The van der Waals surface area contributed by atoms with Gasteiger partial charge in [-0.3, -0.25) is 0 Å². The van der Waals surface area contributed by atoms with E-state index in [1.165, 1.54) is 0 Å². The Balaban J connectivity index is 1.41. The summed E-state index contributed by atoms with van der Waals surface area (Å²) in [5, 5.41) is 3.13. The van der Waals surface area contributed by atoms with Crippen LogP contribution in [0.2, 0.25) is 0 Å². The van der Waals surface area contributed by atoms with Crippen molar-refractivity contribution in [2.24, 2.45) is 0 Å². The minimum Gasteiger partial charge on any atom is -0.340 e. The Morgan fingerprint density at radius 3 is 2.59 bits per heavy atom. The molecule has 0 saturated carbocycles. The van der Waals surface area contributed by atoms with Crippen molar-refractivity contribution in [2.75, 3.05) is 11.9 Å². The normalized spacial score (nSPS) is 16.3. The molecule has 144 valence electrons. The monoisotopic (exact) mass is 382 g/mol. The summed E-state index contributed by atoms with van der Waals surface area (Å²) < 4.78 is 0. The Labute approximate surface area is 169 Å². The number of para-hydroxylation sites is 3. The zero-order valence-corrected chi connectivity index (χ0v) is 16.0. The molecule has 5 rings (SSSR count). The van der Waals surface area contributed by atoms with Crippen LogP contribution < -0.4 is 5.32 Å².